The molecule has 0 aliphatic heterocycles. The van der Waals surface area contributed by atoms with Gasteiger partial charge in [0, 0.05) is 21.7 Å². The zero-order valence-corrected chi connectivity index (χ0v) is 12.9. The molecule has 0 N–H and O–H groups in total. The molecule has 0 aliphatic rings. The summed E-state index contributed by atoms with van der Waals surface area (Å²) in [6, 6.07) is 8.76. The van der Waals surface area contributed by atoms with E-state index in [-0.39, 0.29) is 16.6 Å². The number of alkyl halides is 1. The van der Waals surface area contributed by atoms with Crippen molar-refractivity contribution in [3.63, 3.8) is 0 Å². The SMILES string of the molecule is CC(c1ccncc1)C(Br)c1ccc(F)cc1Br. The van der Waals surface area contributed by atoms with Crippen LogP contribution in [0.25, 0.3) is 0 Å². The van der Waals surface area contributed by atoms with Gasteiger partial charge in [0.05, 0.1) is 0 Å². The highest BCUT2D eigenvalue weighted by Gasteiger charge is 2.20. The number of hydrogen-bond acceptors (Lipinski definition) is 1. The van der Waals surface area contributed by atoms with Crippen LogP contribution in [0.3, 0.4) is 0 Å². The van der Waals surface area contributed by atoms with Gasteiger partial charge in [0.1, 0.15) is 5.82 Å². The van der Waals surface area contributed by atoms with E-state index in [1.807, 2.05) is 12.1 Å². The van der Waals surface area contributed by atoms with Crippen molar-refractivity contribution in [2.75, 3.05) is 0 Å². The molecule has 0 saturated carbocycles. The first-order chi connectivity index (χ1) is 8.59. The number of aromatic nitrogens is 1. The zero-order chi connectivity index (χ0) is 13.1. The van der Waals surface area contributed by atoms with Gasteiger partial charge < -0.3 is 0 Å². The Kier molecular flexibility index (Phi) is 4.51. The van der Waals surface area contributed by atoms with Crippen LogP contribution in [0.15, 0.2) is 47.2 Å². The summed E-state index contributed by atoms with van der Waals surface area (Å²) in [7, 11) is 0. The van der Waals surface area contributed by atoms with E-state index >= 15 is 0 Å². The van der Waals surface area contributed by atoms with Crippen LogP contribution in [0, 0.1) is 5.82 Å². The summed E-state index contributed by atoms with van der Waals surface area (Å²) in [4.78, 5) is 4.14. The zero-order valence-electron chi connectivity index (χ0n) is 9.78. The van der Waals surface area contributed by atoms with Crippen molar-refractivity contribution in [1.82, 2.24) is 4.98 Å². The molecule has 0 radical (unpaired) electrons. The fourth-order valence-corrected chi connectivity index (χ4v) is 3.44. The molecule has 0 amide bonds. The molecule has 4 heteroatoms. The molecule has 1 nitrogen and oxygen atoms in total. The Bertz CT molecular complexity index is 531. The third kappa shape index (κ3) is 2.98. The van der Waals surface area contributed by atoms with Crippen molar-refractivity contribution in [1.29, 1.82) is 0 Å². The Labute approximate surface area is 123 Å². The first-order valence-corrected chi connectivity index (χ1v) is 7.29. The molecule has 1 heterocycles. The minimum atomic E-state index is -0.234. The summed E-state index contributed by atoms with van der Waals surface area (Å²) in [5.74, 6) is 0.0386. The predicted molar refractivity (Wildman–Crippen MR) is 78.4 cm³/mol. The largest absolute Gasteiger partial charge is 0.265 e. The third-order valence-corrected chi connectivity index (χ3v) is 4.90. The highest BCUT2D eigenvalue weighted by atomic mass is 79.9. The molecule has 18 heavy (non-hydrogen) atoms. The average Bonchev–Trinajstić information content (AvgIpc) is 2.38. The number of hydrogen-bond donors (Lipinski definition) is 0. The highest BCUT2D eigenvalue weighted by Crippen LogP contribution is 2.40. The van der Waals surface area contributed by atoms with Crippen molar-refractivity contribution >= 4 is 31.9 Å². The summed E-state index contributed by atoms with van der Waals surface area (Å²) < 4.78 is 13.9. The quantitative estimate of drug-likeness (QED) is 0.673. The summed E-state index contributed by atoms with van der Waals surface area (Å²) in [6.45, 7) is 2.13. The van der Waals surface area contributed by atoms with Crippen molar-refractivity contribution < 1.29 is 4.39 Å². The lowest BCUT2D eigenvalue weighted by atomic mass is 9.94. The van der Waals surface area contributed by atoms with E-state index in [9.17, 15) is 4.39 Å². The smallest absolute Gasteiger partial charge is 0.124 e. The lowest BCUT2D eigenvalue weighted by Gasteiger charge is -2.20. The predicted octanol–water partition coefficient (Wildman–Crippen LogP) is 5.22. The molecule has 0 spiro atoms. The summed E-state index contributed by atoms with van der Waals surface area (Å²) in [5, 5.41) is 0. The monoisotopic (exact) mass is 371 g/mol. The van der Waals surface area contributed by atoms with Gasteiger partial charge >= 0.3 is 0 Å². The van der Waals surface area contributed by atoms with Gasteiger partial charge in [-0.2, -0.15) is 0 Å². The van der Waals surface area contributed by atoms with E-state index < -0.39 is 0 Å². The number of benzene rings is 1. The minimum absolute atomic E-state index is 0.120. The highest BCUT2D eigenvalue weighted by molar-refractivity contribution is 9.11. The Morgan fingerprint density at radius 2 is 1.83 bits per heavy atom. The molecule has 1 aromatic carbocycles. The maximum Gasteiger partial charge on any atom is 0.124 e. The second-order valence-corrected chi connectivity index (χ2v) is 5.98. The molecular formula is C14H12Br2FN. The van der Waals surface area contributed by atoms with Crippen LogP contribution in [0.5, 0.6) is 0 Å². The fourth-order valence-electron chi connectivity index (χ4n) is 1.83. The summed E-state index contributed by atoms with van der Waals surface area (Å²) >= 11 is 7.10. The molecular weight excluding hydrogens is 361 g/mol. The molecule has 94 valence electrons. The van der Waals surface area contributed by atoms with E-state index in [4.69, 9.17) is 0 Å². The number of rotatable bonds is 3. The Balaban J connectivity index is 2.28. The van der Waals surface area contributed by atoms with Crippen molar-refractivity contribution in [3.8, 4) is 0 Å². The second kappa shape index (κ2) is 5.93. The van der Waals surface area contributed by atoms with Crippen LogP contribution in [0.1, 0.15) is 28.8 Å². The van der Waals surface area contributed by atoms with Gasteiger partial charge in [0.2, 0.25) is 0 Å². The molecule has 0 aliphatic carbocycles. The molecule has 0 fully saturated rings. The van der Waals surface area contributed by atoms with Crippen LogP contribution in [0.2, 0.25) is 0 Å². The summed E-state index contributed by atoms with van der Waals surface area (Å²) in [6.07, 6.45) is 3.57. The lowest BCUT2D eigenvalue weighted by molar-refractivity contribution is 0.624. The van der Waals surface area contributed by atoms with Crippen molar-refractivity contribution in [2.24, 2.45) is 0 Å². The standard InChI is InChI=1S/C14H12Br2FN/c1-9(10-4-6-18-7-5-10)14(16)12-3-2-11(17)8-13(12)15/h2-9,14H,1H3. The van der Waals surface area contributed by atoms with Crippen LogP contribution in [-0.2, 0) is 0 Å². The van der Waals surface area contributed by atoms with Crippen LogP contribution in [0.4, 0.5) is 4.39 Å². The average molecular weight is 373 g/mol. The van der Waals surface area contributed by atoms with Crippen molar-refractivity contribution in [2.45, 2.75) is 17.7 Å². The Hall–Kier alpha value is -0.740. The molecule has 2 atom stereocenters. The normalized spacial score (nSPS) is 14.2. The summed E-state index contributed by atoms with van der Waals surface area (Å²) in [5.41, 5.74) is 2.24. The van der Waals surface area contributed by atoms with Crippen LogP contribution < -0.4 is 0 Å². The van der Waals surface area contributed by atoms with E-state index in [1.165, 1.54) is 17.7 Å². The molecule has 1 aromatic heterocycles. The van der Waals surface area contributed by atoms with Gasteiger partial charge in [-0.3, -0.25) is 4.98 Å². The van der Waals surface area contributed by atoms with Gasteiger partial charge in [-0.1, -0.05) is 44.8 Å². The van der Waals surface area contributed by atoms with Gasteiger partial charge in [0.25, 0.3) is 0 Å². The molecule has 2 aromatic rings. The number of pyridine rings is 1. The third-order valence-electron chi connectivity index (χ3n) is 2.93. The molecule has 0 bridgehead atoms. The van der Waals surface area contributed by atoms with E-state index in [2.05, 4.69) is 43.8 Å². The Morgan fingerprint density at radius 3 is 2.44 bits per heavy atom. The lowest BCUT2D eigenvalue weighted by Crippen LogP contribution is -2.03. The van der Waals surface area contributed by atoms with Gasteiger partial charge in [0.15, 0.2) is 0 Å². The molecule has 2 rings (SSSR count). The van der Waals surface area contributed by atoms with Gasteiger partial charge in [-0.25, -0.2) is 4.39 Å². The molecule has 0 saturated heterocycles. The van der Waals surface area contributed by atoms with Crippen LogP contribution in [-0.4, -0.2) is 4.98 Å². The van der Waals surface area contributed by atoms with Gasteiger partial charge in [-0.05, 0) is 41.3 Å². The first kappa shape index (κ1) is 13.7. The van der Waals surface area contributed by atoms with E-state index in [1.54, 1.807) is 18.5 Å². The second-order valence-electron chi connectivity index (χ2n) is 4.14. The molecule has 2 unspecified atom stereocenters. The van der Waals surface area contributed by atoms with E-state index in [0.29, 0.717) is 0 Å². The van der Waals surface area contributed by atoms with Crippen LogP contribution >= 0.6 is 31.9 Å². The van der Waals surface area contributed by atoms with Crippen molar-refractivity contribution in [3.05, 3.63) is 64.1 Å². The fraction of sp³-hybridized carbons (Fsp3) is 0.214. The minimum Gasteiger partial charge on any atom is -0.265 e. The Morgan fingerprint density at radius 1 is 1.17 bits per heavy atom. The maximum atomic E-state index is 13.1. The maximum absolute atomic E-state index is 13.1. The van der Waals surface area contributed by atoms with Gasteiger partial charge in [-0.15, -0.1) is 0 Å². The number of nitrogens with zero attached hydrogens (tertiary/aromatic N) is 1. The topological polar surface area (TPSA) is 12.9 Å². The number of halogens is 3. The first-order valence-electron chi connectivity index (χ1n) is 5.58. The van der Waals surface area contributed by atoms with E-state index in [0.717, 1.165) is 10.0 Å².